The summed E-state index contributed by atoms with van der Waals surface area (Å²) in [6, 6.07) is 29.7. The van der Waals surface area contributed by atoms with Crippen molar-refractivity contribution >= 4 is 58.6 Å². The van der Waals surface area contributed by atoms with Gasteiger partial charge in [-0.2, -0.15) is 4.99 Å². The van der Waals surface area contributed by atoms with Gasteiger partial charge >= 0.3 is 6.09 Å². The molecular formula is C42H50Cl2N4O6. The number of carbonyl (C=O) groups excluding carboxylic acids is 4. The molecule has 0 spiro atoms. The van der Waals surface area contributed by atoms with E-state index in [1.807, 2.05) is 84.9 Å². The highest BCUT2D eigenvalue weighted by atomic mass is 35.5. The predicted octanol–water partition coefficient (Wildman–Crippen LogP) is 8.98. The lowest BCUT2D eigenvalue weighted by atomic mass is 9.93. The average Bonchev–Trinajstić information content (AvgIpc) is 3.17. The summed E-state index contributed by atoms with van der Waals surface area (Å²) in [4.78, 5) is 49.4. The van der Waals surface area contributed by atoms with Crippen LogP contribution in [0, 0.1) is 10.8 Å². The molecule has 4 aromatic rings. The van der Waals surface area contributed by atoms with E-state index in [0.717, 1.165) is 24.0 Å². The summed E-state index contributed by atoms with van der Waals surface area (Å²) >= 11 is 12.0. The van der Waals surface area contributed by atoms with Crippen LogP contribution in [0.4, 0.5) is 16.2 Å². The van der Waals surface area contributed by atoms with Crippen molar-refractivity contribution < 1.29 is 29.0 Å². The Morgan fingerprint density at radius 1 is 0.704 bits per heavy atom. The minimum absolute atomic E-state index is 0.0414. The number of anilines is 1. The molecular weight excluding hydrogens is 727 g/mol. The van der Waals surface area contributed by atoms with Gasteiger partial charge in [0.05, 0.1) is 23.1 Å². The van der Waals surface area contributed by atoms with Crippen molar-refractivity contribution in [1.29, 1.82) is 0 Å². The van der Waals surface area contributed by atoms with Gasteiger partial charge in [0.2, 0.25) is 17.9 Å². The Bertz CT molecular complexity index is 1840. The zero-order chi connectivity index (χ0) is 40.1. The Hall–Kier alpha value is -4.99. The van der Waals surface area contributed by atoms with Gasteiger partial charge in [-0.3, -0.25) is 14.9 Å². The highest BCUT2D eigenvalue weighted by molar-refractivity contribution is 6.31. The van der Waals surface area contributed by atoms with Crippen LogP contribution in [0.1, 0.15) is 63.8 Å². The number of ether oxygens (including phenoxy) is 1. The van der Waals surface area contributed by atoms with Gasteiger partial charge in [0.1, 0.15) is 6.61 Å². The van der Waals surface area contributed by atoms with Crippen molar-refractivity contribution in [3.63, 3.8) is 0 Å². The number of nitrogens with zero attached hydrogens (tertiary/aromatic N) is 1. The second-order valence-electron chi connectivity index (χ2n) is 13.4. The van der Waals surface area contributed by atoms with Gasteiger partial charge < -0.3 is 20.5 Å². The summed E-state index contributed by atoms with van der Waals surface area (Å²) in [5.41, 5.74) is 3.81. The summed E-state index contributed by atoms with van der Waals surface area (Å²) in [6.45, 7) is 11.4. The number of rotatable bonds is 13. The number of hydrogen-bond donors (Lipinski definition) is 4. The first-order valence-corrected chi connectivity index (χ1v) is 18.2. The summed E-state index contributed by atoms with van der Waals surface area (Å²) < 4.78 is 5.23. The second kappa shape index (κ2) is 22.9. The molecule has 0 aliphatic rings. The third kappa shape index (κ3) is 15.9. The fourth-order valence-corrected chi connectivity index (χ4v) is 4.74. The molecule has 0 unspecified atom stereocenters. The number of nitrogens with one attached hydrogen (secondary N) is 3. The number of aliphatic hydroxyl groups excluding tert-OH is 1. The van der Waals surface area contributed by atoms with Crippen LogP contribution in [-0.2, 0) is 45.1 Å². The molecule has 3 amide bonds. The highest BCUT2D eigenvalue weighted by Gasteiger charge is 2.29. The molecule has 0 heterocycles. The molecule has 288 valence electrons. The molecule has 0 saturated carbocycles. The minimum atomic E-state index is -0.870. The maximum absolute atomic E-state index is 12.4. The first-order valence-electron chi connectivity index (χ1n) is 17.5. The number of benzene rings is 4. The molecule has 12 heteroatoms. The highest BCUT2D eigenvalue weighted by Crippen LogP contribution is 2.20. The molecule has 54 heavy (non-hydrogen) atoms. The Labute approximate surface area is 328 Å². The molecule has 4 aromatic carbocycles. The smallest absolute Gasteiger partial charge is 0.411 e. The van der Waals surface area contributed by atoms with E-state index in [1.54, 1.807) is 39.8 Å². The predicted molar refractivity (Wildman–Crippen MR) is 216 cm³/mol. The summed E-state index contributed by atoms with van der Waals surface area (Å²) in [7, 11) is 0. The Kier molecular flexibility index (Phi) is 19.2. The molecule has 0 aliphatic heterocycles. The zero-order valence-corrected chi connectivity index (χ0v) is 33.2. The van der Waals surface area contributed by atoms with Crippen molar-refractivity contribution in [2.24, 2.45) is 15.8 Å². The fraction of sp³-hybridized carbons (Fsp3) is 0.333. The van der Waals surface area contributed by atoms with E-state index in [1.165, 1.54) is 17.2 Å². The van der Waals surface area contributed by atoms with E-state index in [4.69, 9.17) is 33.0 Å². The number of aryl methyl sites for hydroxylation is 2. The summed E-state index contributed by atoms with van der Waals surface area (Å²) in [6.07, 6.45) is 2.84. The number of aliphatic hydroxyl groups is 1. The van der Waals surface area contributed by atoms with Crippen molar-refractivity contribution in [2.75, 3.05) is 18.5 Å². The van der Waals surface area contributed by atoms with Gasteiger partial charge in [-0.25, -0.2) is 9.59 Å². The molecule has 0 aliphatic carbocycles. The van der Waals surface area contributed by atoms with Crippen molar-refractivity contribution in [3.8, 4) is 0 Å². The molecule has 4 N–H and O–H groups in total. The van der Waals surface area contributed by atoms with Gasteiger partial charge in [-0.1, -0.05) is 97.7 Å². The number of isocyanates is 1. The SMILES string of the molecule is CC(C)(CO)C(=O)NCc1ccccc1Cl.CCc1ccc(N=C=O)cc1.CCc1ccc(NC(=O)OCC(C)(C)C(=O)NCc2ccccc2Cl)cc1. The maximum atomic E-state index is 12.4. The van der Waals surface area contributed by atoms with Crippen LogP contribution in [0.3, 0.4) is 0 Å². The lowest BCUT2D eigenvalue weighted by Gasteiger charge is -2.23. The number of carbonyl (C=O) groups is 3. The monoisotopic (exact) mass is 776 g/mol. The summed E-state index contributed by atoms with van der Waals surface area (Å²) in [5.74, 6) is -0.405. The molecule has 0 atom stereocenters. The topological polar surface area (TPSA) is 146 Å². The minimum Gasteiger partial charge on any atom is -0.448 e. The van der Waals surface area contributed by atoms with E-state index in [0.29, 0.717) is 34.5 Å². The van der Waals surface area contributed by atoms with Gasteiger partial charge in [0.25, 0.3) is 0 Å². The number of aliphatic imine (C=N–C) groups is 1. The normalized spacial score (nSPS) is 10.6. The zero-order valence-electron chi connectivity index (χ0n) is 31.7. The van der Waals surface area contributed by atoms with Gasteiger partial charge in [0.15, 0.2) is 0 Å². The van der Waals surface area contributed by atoms with Crippen molar-refractivity contribution in [2.45, 2.75) is 67.5 Å². The molecule has 0 bridgehead atoms. The van der Waals surface area contributed by atoms with Gasteiger partial charge in [0, 0.05) is 28.8 Å². The van der Waals surface area contributed by atoms with E-state index in [9.17, 15) is 19.2 Å². The first-order chi connectivity index (χ1) is 25.6. The Morgan fingerprint density at radius 2 is 1.15 bits per heavy atom. The van der Waals surface area contributed by atoms with Crippen LogP contribution in [0.5, 0.6) is 0 Å². The lowest BCUT2D eigenvalue weighted by molar-refractivity contribution is -0.132. The third-order valence-electron chi connectivity index (χ3n) is 8.11. The fourth-order valence-electron chi connectivity index (χ4n) is 4.33. The first kappa shape index (κ1) is 45.2. The quantitative estimate of drug-likeness (QED) is 0.0788. The number of amides is 3. The van der Waals surface area contributed by atoms with Crippen LogP contribution in [0.25, 0.3) is 0 Å². The van der Waals surface area contributed by atoms with Crippen molar-refractivity contribution in [1.82, 2.24) is 10.6 Å². The standard InChI is InChI=1S/C21H25ClN2O3.C12H16ClNO2.C9H9NO/c1-4-15-9-11-17(12-10-15)24-20(26)27-14-21(2,3)19(25)23-13-16-7-5-6-8-18(16)22;1-12(2,8-15)11(16)14-7-9-5-3-4-6-10(9)13;1-2-8-3-5-9(6-4-8)10-7-11/h5-12H,4,13-14H2,1-3H3,(H,23,25)(H,24,26);3-6,15H,7-8H2,1-2H3,(H,14,16);3-6H,2H2,1H3. The van der Waals surface area contributed by atoms with Crippen molar-refractivity contribution in [3.05, 3.63) is 129 Å². The molecule has 0 aromatic heterocycles. The van der Waals surface area contributed by atoms with Gasteiger partial charge in [-0.05, 0) is 99.2 Å². The Morgan fingerprint density at radius 3 is 1.57 bits per heavy atom. The largest absolute Gasteiger partial charge is 0.448 e. The third-order valence-corrected chi connectivity index (χ3v) is 8.85. The maximum Gasteiger partial charge on any atom is 0.411 e. The van der Waals surface area contributed by atoms with Crippen LogP contribution in [0.2, 0.25) is 10.0 Å². The second-order valence-corrected chi connectivity index (χ2v) is 14.3. The Balaban J connectivity index is 0.000000314. The van der Waals surface area contributed by atoms with Crippen LogP contribution < -0.4 is 16.0 Å². The molecule has 0 fully saturated rings. The van der Waals surface area contributed by atoms with E-state index < -0.39 is 16.9 Å². The number of hydrogen-bond acceptors (Lipinski definition) is 7. The van der Waals surface area contributed by atoms with Gasteiger partial charge in [-0.15, -0.1) is 0 Å². The molecule has 10 nitrogen and oxygen atoms in total. The van der Waals surface area contributed by atoms with Crippen LogP contribution in [-0.4, -0.2) is 42.3 Å². The molecule has 0 saturated heterocycles. The molecule has 0 radical (unpaired) electrons. The average molecular weight is 778 g/mol. The van der Waals surface area contributed by atoms with Crippen LogP contribution in [0.15, 0.2) is 102 Å². The van der Waals surface area contributed by atoms with Crippen LogP contribution >= 0.6 is 23.2 Å². The molecule has 4 rings (SSSR count). The summed E-state index contributed by atoms with van der Waals surface area (Å²) in [5, 5.41) is 18.5. The lowest BCUT2D eigenvalue weighted by Crippen LogP contribution is -2.40. The van der Waals surface area contributed by atoms with E-state index in [-0.39, 0.29) is 25.0 Å². The van der Waals surface area contributed by atoms with E-state index >= 15 is 0 Å². The number of halogens is 2. The van der Waals surface area contributed by atoms with E-state index in [2.05, 4.69) is 34.8 Å².